The number of hydrogen-bond acceptors (Lipinski definition) is 5. The van der Waals surface area contributed by atoms with Crippen molar-refractivity contribution in [2.24, 2.45) is 27.9 Å². The van der Waals surface area contributed by atoms with E-state index in [1.807, 2.05) is 12.1 Å². The first-order chi connectivity index (χ1) is 10.7. The highest BCUT2D eigenvalue weighted by atomic mass is 35.5. The smallest absolute Gasteiger partial charge is 0.173 e. The number of halogens is 1. The van der Waals surface area contributed by atoms with E-state index in [9.17, 15) is 4.79 Å². The Kier molecular flexibility index (Phi) is 4.22. The molecule has 1 unspecified atom stereocenters. The molecule has 0 amide bonds. The van der Waals surface area contributed by atoms with Crippen LogP contribution in [0.3, 0.4) is 0 Å². The molecule has 1 aromatic carbocycles. The van der Waals surface area contributed by atoms with Crippen LogP contribution in [-0.2, 0) is 0 Å². The fourth-order valence-electron chi connectivity index (χ4n) is 3.12. The lowest BCUT2D eigenvalue weighted by Crippen LogP contribution is -2.10. The Balaban J connectivity index is 1.74. The van der Waals surface area contributed by atoms with Crippen molar-refractivity contribution in [3.05, 3.63) is 34.3 Å². The van der Waals surface area contributed by atoms with E-state index in [2.05, 4.69) is 15.5 Å². The first kappa shape index (κ1) is 15.1. The van der Waals surface area contributed by atoms with Crippen LogP contribution in [-0.4, -0.2) is 24.7 Å². The number of hydrazone groups is 1. The normalized spacial score (nSPS) is 27.7. The number of hydrogen-bond donors (Lipinski definition) is 3. The number of rotatable bonds is 4. The van der Waals surface area contributed by atoms with E-state index in [0.29, 0.717) is 22.9 Å². The summed E-state index contributed by atoms with van der Waals surface area (Å²) >= 11 is 6.36. The second-order valence-corrected chi connectivity index (χ2v) is 6.25. The zero-order valence-corrected chi connectivity index (χ0v) is 12.8. The Labute approximate surface area is 133 Å². The monoisotopic (exact) mass is 319 g/mol. The Morgan fingerprint density at radius 1 is 1.41 bits per heavy atom. The number of nitrogens with zero attached hydrogens (tertiary/aromatic N) is 2. The van der Waals surface area contributed by atoms with Gasteiger partial charge >= 0.3 is 0 Å². The van der Waals surface area contributed by atoms with Crippen molar-refractivity contribution in [3.8, 4) is 0 Å². The minimum Gasteiger partial charge on any atom is -0.321 e. The van der Waals surface area contributed by atoms with Crippen molar-refractivity contribution in [3.63, 3.8) is 0 Å². The van der Waals surface area contributed by atoms with E-state index in [4.69, 9.17) is 23.0 Å². The highest BCUT2D eigenvalue weighted by molar-refractivity contribution is 6.31. The lowest BCUT2D eigenvalue weighted by Gasteiger charge is -2.12. The first-order valence-electron chi connectivity index (χ1n) is 7.35. The third kappa shape index (κ3) is 2.76. The van der Waals surface area contributed by atoms with Crippen molar-refractivity contribution >= 4 is 23.2 Å². The van der Waals surface area contributed by atoms with Crippen molar-refractivity contribution in [2.45, 2.75) is 18.8 Å². The predicted molar refractivity (Wildman–Crippen MR) is 84.4 cm³/mol. The molecule has 2 fully saturated rings. The summed E-state index contributed by atoms with van der Waals surface area (Å²) in [6, 6.07) is 5.55. The van der Waals surface area contributed by atoms with Gasteiger partial charge in [0, 0.05) is 29.0 Å². The van der Waals surface area contributed by atoms with E-state index in [1.54, 1.807) is 6.07 Å². The van der Waals surface area contributed by atoms with E-state index in [1.165, 1.54) is 0 Å². The van der Waals surface area contributed by atoms with Gasteiger partial charge in [-0.25, -0.2) is 5.53 Å². The van der Waals surface area contributed by atoms with Crippen molar-refractivity contribution in [1.82, 2.24) is 5.32 Å². The van der Waals surface area contributed by atoms with Gasteiger partial charge in [0.15, 0.2) is 11.6 Å². The number of ketones is 1. The minimum absolute atomic E-state index is 0.0211. The number of nitrogens with two attached hydrogens (primary N) is 1. The molecule has 0 aromatic heterocycles. The molecule has 0 radical (unpaired) electrons. The van der Waals surface area contributed by atoms with E-state index in [0.717, 1.165) is 25.1 Å². The van der Waals surface area contributed by atoms with Gasteiger partial charge in [0.1, 0.15) is 0 Å². The molecular weight excluding hydrogens is 302 g/mol. The van der Waals surface area contributed by atoms with Gasteiger partial charge in [0.05, 0.1) is 0 Å². The number of nitrogens with one attached hydrogen (secondary N) is 2. The van der Waals surface area contributed by atoms with Crippen molar-refractivity contribution in [1.29, 1.82) is 5.53 Å². The van der Waals surface area contributed by atoms with Gasteiger partial charge in [-0.05, 0) is 36.9 Å². The summed E-state index contributed by atoms with van der Waals surface area (Å²) in [6.45, 7) is 1.93. The molecule has 1 heterocycles. The molecule has 3 atom stereocenters. The largest absolute Gasteiger partial charge is 0.321 e. The predicted octanol–water partition coefficient (Wildman–Crippen LogP) is 2.54. The van der Waals surface area contributed by atoms with Gasteiger partial charge in [0.2, 0.25) is 0 Å². The number of benzene rings is 1. The third-order valence-corrected chi connectivity index (χ3v) is 4.82. The summed E-state index contributed by atoms with van der Waals surface area (Å²) in [5.74, 6) is 5.53. The maximum Gasteiger partial charge on any atom is 0.173 e. The molecule has 116 valence electrons. The molecule has 0 spiro atoms. The van der Waals surface area contributed by atoms with Gasteiger partial charge in [-0.1, -0.05) is 23.7 Å². The minimum atomic E-state index is -0.188. The van der Waals surface area contributed by atoms with Crippen LogP contribution < -0.4 is 11.2 Å². The van der Waals surface area contributed by atoms with Crippen LogP contribution in [0.25, 0.3) is 0 Å². The molecule has 1 saturated heterocycles. The lowest BCUT2D eigenvalue weighted by molar-refractivity contribution is 0.0964. The molecule has 1 saturated carbocycles. The van der Waals surface area contributed by atoms with Crippen LogP contribution in [0.1, 0.15) is 34.7 Å². The zero-order valence-electron chi connectivity index (χ0n) is 12.1. The summed E-state index contributed by atoms with van der Waals surface area (Å²) in [5.41, 5.74) is 8.70. The molecule has 1 aromatic rings. The number of amidine groups is 1. The highest BCUT2D eigenvalue weighted by Crippen LogP contribution is 2.43. The third-order valence-electron chi connectivity index (χ3n) is 4.49. The number of carbonyl (C=O) groups is 1. The van der Waals surface area contributed by atoms with Gasteiger partial charge in [-0.3, -0.25) is 4.79 Å². The first-order valence-corrected chi connectivity index (χ1v) is 7.73. The van der Waals surface area contributed by atoms with Gasteiger partial charge in [-0.2, -0.15) is 5.10 Å². The highest BCUT2D eigenvalue weighted by Gasteiger charge is 2.47. The molecule has 1 aliphatic heterocycles. The number of Topliss-reactive ketones (excluding diaryl/α,β-unsaturated/α-hetero) is 1. The number of carbonyl (C=O) groups excluding carboxylic acids is 1. The zero-order chi connectivity index (χ0) is 15.7. The van der Waals surface area contributed by atoms with Crippen LogP contribution in [0.5, 0.6) is 0 Å². The van der Waals surface area contributed by atoms with Crippen LogP contribution in [0.4, 0.5) is 0 Å². The SMILES string of the molecule is N=NC(=NN)[C@H]1C[C@@H]1C(=O)c1ccc(C2CCNC2)c(Cl)c1. The summed E-state index contributed by atoms with van der Waals surface area (Å²) in [6.07, 6.45) is 1.71. The maximum atomic E-state index is 12.5. The molecule has 1 aliphatic carbocycles. The maximum absolute atomic E-state index is 12.5. The van der Waals surface area contributed by atoms with Crippen LogP contribution in [0, 0.1) is 17.4 Å². The summed E-state index contributed by atoms with van der Waals surface area (Å²) < 4.78 is 0. The Morgan fingerprint density at radius 3 is 2.82 bits per heavy atom. The summed E-state index contributed by atoms with van der Waals surface area (Å²) in [7, 11) is 0. The van der Waals surface area contributed by atoms with Gasteiger partial charge in [0.25, 0.3) is 0 Å². The molecule has 6 nitrogen and oxygen atoms in total. The molecule has 0 bridgehead atoms. The van der Waals surface area contributed by atoms with Crippen LogP contribution in [0.2, 0.25) is 5.02 Å². The van der Waals surface area contributed by atoms with Gasteiger partial charge < -0.3 is 11.2 Å². The van der Waals surface area contributed by atoms with Crippen molar-refractivity contribution in [2.75, 3.05) is 13.1 Å². The van der Waals surface area contributed by atoms with E-state index < -0.39 is 0 Å². The van der Waals surface area contributed by atoms with Crippen LogP contribution in [0.15, 0.2) is 28.4 Å². The molecule has 2 aliphatic rings. The molecular formula is C15H18ClN5O. The summed E-state index contributed by atoms with van der Waals surface area (Å²) in [4.78, 5) is 12.5. The Hall–Kier alpha value is -1.79. The summed E-state index contributed by atoms with van der Waals surface area (Å²) in [5, 5.41) is 10.7. The lowest BCUT2D eigenvalue weighted by atomic mass is 9.95. The quantitative estimate of drug-likeness (QED) is 0.198. The molecule has 4 N–H and O–H groups in total. The standard InChI is InChI=1S/C15H18ClN5O/c16-13-5-8(1-2-10(13)9-3-4-19-7-9)14(22)11-6-12(11)15(20-17)21-18/h1-2,5,9,11-12,17,19H,3-4,6-7,18H2/t9?,11-,12-/m0/s1. The molecule has 3 rings (SSSR count). The topological polar surface area (TPSA) is 104 Å². The Bertz CT molecular complexity index is 639. The van der Waals surface area contributed by atoms with E-state index in [-0.39, 0.29) is 23.5 Å². The molecule has 22 heavy (non-hydrogen) atoms. The fourth-order valence-corrected chi connectivity index (χ4v) is 3.46. The van der Waals surface area contributed by atoms with Gasteiger partial charge in [-0.15, -0.1) is 5.11 Å². The average molecular weight is 320 g/mol. The molecule has 7 heteroatoms. The van der Waals surface area contributed by atoms with Crippen molar-refractivity contribution < 1.29 is 4.79 Å². The van der Waals surface area contributed by atoms with Crippen LogP contribution >= 0.6 is 11.6 Å². The Morgan fingerprint density at radius 2 is 2.23 bits per heavy atom. The second kappa shape index (κ2) is 6.14. The van der Waals surface area contributed by atoms with E-state index >= 15 is 0 Å². The fraction of sp³-hybridized carbons (Fsp3) is 0.467. The average Bonchev–Trinajstić information content (AvgIpc) is 3.11. The second-order valence-electron chi connectivity index (χ2n) is 5.84.